The highest BCUT2D eigenvalue weighted by Gasteiger charge is 2.26. The fourth-order valence-electron chi connectivity index (χ4n) is 1.90. The molecule has 2 atom stereocenters. The molecule has 0 bridgehead atoms. The Kier molecular flexibility index (Phi) is 3.14. The third-order valence-corrected chi connectivity index (χ3v) is 2.48. The highest BCUT2D eigenvalue weighted by Crippen LogP contribution is 2.13. The summed E-state index contributed by atoms with van der Waals surface area (Å²) in [7, 11) is 0. The van der Waals surface area contributed by atoms with Crippen molar-refractivity contribution in [1.29, 1.82) is 0 Å². The fraction of sp³-hybridized carbons (Fsp3) is 0.545. The highest BCUT2D eigenvalue weighted by atomic mass is 16.5. The summed E-state index contributed by atoms with van der Waals surface area (Å²) in [6.07, 6.45) is 5.53. The zero-order chi connectivity index (χ0) is 11.5. The second kappa shape index (κ2) is 4.57. The lowest BCUT2D eigenvalue weighted by atomic mass is 10.2. The quantitative estimate of drug-likeness (QED) is 0.692. The molecule has 0 saturated carbocycles. The van der Waals surface area contributed by atoms with Crippen molar-refractivity contribution in [2.45, 2.75) is 26.1 Å². The van der Waals surface area contributed by atoms with Crippen molar-refractivity contribution in [2.75, 3.05) is 13.1 Å². The van der Waals surface area contributed by atoms with Crippen LogP contribution in [0.3, 0.4) is 0 Å². The number of carbonyl (C=O) groups excluding carboxylic acids is 1. The minimum absolute atomic E-state index is 0.0454. The monoisotopic (exact) mass is 220 g/mol. The van der Waals surface area contributed by atoms with Crippen molar-refractivity contribution in [2.24, 2.45) is 0 Å². The summed E-state index contributed by atoms with van der Waals surface area (Å²) >= 11 is 0. The van der Waals surface area contributed by atoms with Gasteiger partial charge in [0.15, 0.2) is 6.33 Å². The zero-order valence-corrected chi connectivity index (χ0v) is 9.38. The average Bonchev–Trinajstić information content (AvgIpc) is 2.28. The lowest BCUT2D eigenvalue weighted by molar-refractivity contribution is -0.0586. The molecule has 2 heterocycles. The number of aromatic nitrogens is 2. The van der Waals surface area contributed by atoms with E-state index in [9.17, 15) is 4.79 Å². The topological polar surface area (TPSA) is 55.3 Å². The van der Waals surface area contributed by atoms with Crippen LogP contribution in [0.5, 0.6) is 0 Å². The molecule has 1 saturated heterocycles. The van der Waals surface area contributed by atoms with E-state index in [4.69, 9.17) is 4.74 Å². The molecule has 2 rings (SSSR count). The maximum Gasteiger partial charge on any atom is 0.257 e. The Bertz CT molecular complexity index is 359. The molecular weight excluding hydrogens is 206 g/mol. The predicted octanol–water partition coefficient (Wildman–Crippen LogP) is 0.526. The molecule has 1 radical (unpaired) electrons. The molecule has 1 aromatic heterocycles. The molecule has 0 aromatic carbocycles. The van der Waals surface area contributed by atoms with Gasteiger partial charge in [-0.05, 0) is 13.8 Å². The Morgan fingerprint density at radius 2 is 1.94 bits per heavy atom. The Morgan fingerprint density at radius 1 is 1.38 bits per heavy atom. The maximum atomic E-state index is 12.1. The smallest absolute Gasteiger partial charge is 0.257 e. The molecule has 1 aliphatic rings. The number of nitrogens with zero attached hydrogens (tertiary/aromatic N) is 3. The van der Waals surface area contributed by atoms with Gasteiger partial charge in [-0.1, -0.05) is 0 Å². The number of morpholine rings is 1. The van der Waals surface area contributed by atoms with E-state index in [-0.39, 0.29) is 18.1 Å². The predicted molar refractivity (Wildman–Crippen MR) is 56.8 cm³/mol. The largest absolute Gasteiger partial charge is 0.372 e. The van der Waals surface area contributed by atoms with Crippen molar-refractivity contribution in [3.8, 4) is 0 Å². The molecule has 1 fully saturated rings. The Morgan fingerprint density at radius 3 is 2.50 bits per heavy atom. The number of hydrogen-bond donors (Lipinski definition) is 0. The molecule has 1 amide bonds. The lowest BCUT2D eigenvalue weighted by Gasteiger charge is -2.35. The van der Waals surface area contributed by atoms with E-state index in [0.717, 1.165) is 0 Å². The van der Waals surface area contributed by atoms with Gasteiger partial charge in [-0.25, -0.2) is 9.97 Å². The summed E-state index contributed by atoms with van der Waals surface area (Å²) in [5.41, 5.74) is 0.500. The molecule has 0 N–H and O–H groups in total. The Labute approximate surface area is 94.5 Å². The van der Waals surface area contributed by atoms with Gasteiger partial charge < -0.3 is 9.64 Å². The van der Waals surface area contributed by atoms with E-state index in [1.54, 1.807) is 4.90 Å². The van der Waals surface area contributed by atoms with Gasteiger partial charge in [0.25, 0.3) is 5.91 Å². The first-order chi connectivity index (χ1) is 7.66. The SMILES string of the molecule is C[C@@H]1CN(C(=O)c2cn[c]nc2)C[C@H](C)O1. The first-order valence-corrected chi connectivity index (χ1v) is 5.29. The van der Waals surface area contributed by atoms with Gasteiger partial charge >= 0.3 is 0 Å². The molecule has 0 unspecified atom stereocenters. The molecule has 0 spiro atoms. The van der Waals surface area contributed by atoms with Crippen LogP contribution in [-0.4, -0.2) is 46.1 Å². The maximum absolute atomic E-state index is 12.1. The van der Waals surface area contributed by atoms with E-state index in [1.807, 2.05) is 13.8 Å². The van der Waals surface area contributed by atoms with Crippen LogP contribution in [0.15, 0.2) is 12.4 Å². The Hall–Kier alpha value is -1.49. The van der Waals surface area contributed by atoms with Crippen LogP contribution in [0.25, 0.3) is 0 Å². The van der Waals surface area contributed by atoms with Crippen molar-refractivity contribution in [1.82, 2.24) is 14.9 Å². The third-order valence-electron chi connectivity index (χ3n) is 2.48. The summed E-state index contributed by atoms with van der Waals surface area (Å²) in [4.78, 5) is 21.3. The van der Waals surface area contributed by atoms with Crippen LogP contribution in [0.2, 0.25) is 0 Å². The van der Waals surface area contributed by atoms with E-state index in [1.165, 1.54) is 12.4 Å². The molecule has 16 heavy (non-hydrogen) atoms. The van der Waals surface area contributed by atoms with Crippen LogP contribution < -0.4 is 0 Å². The first-order valence-electron chi connectivity index (χ1n) is 5.29. The van der Waals surface area contributed by atoms with E-state index < -0.39 is 0 Å². The van der Waals surface area contributed by atoms with Gasteiger partial charge in [-0.3, -0.25) is 4.79 Å². The second-order valence-electron chi connectivity index (χ2n) is 4.04. The number of hydrogen-bond acceptors (Lipinski definition) is 4. The van der Waals surface area contributed by atoms with Crippen LogP contribution in [0, 0.1) is 6.33 Å². The number of rotatable bonds is 1. The summed E-state index contributed by atoms with van der Waals surface area (Å²) in [5, 5.41) is 0. The molecule has 5 nitrogen and oxygen atoms in total. The molecule has 1 aromatic rings. The van der Waals surface area contributed by atoms with E-state index >= 15 is 0 Å². The summed E-state index contributed by atoms with van der Waals surface area (Å²) < 4.78 is 5.57. The van der Waals surface area contributed by atoms with Crippen molar-refractivity contribution >= 4 is 5.91 Å². The van der Waals surface area contributed by atoms with Gasteiger partial charge in [0, 0.05) is 25.5 Å². The van der Waals surface area contributed by atoms with Gasteiger partial charge in [0.1, 0.15) is 0 Å². The lowest BCUT2D eigenvalue weighted by Crippen LogP contribution is -2.48. The number of amides is 1. The van der Waals surface area contributed by atoms with Crippen molar-refractivity contribution < 1.29 is 9.53 Å². The van der Waals surface area contributed by atoms with Gasteiger partial charge in [0.05, 0.1) is 17.8 Å². The molecule has 1 aliphatic heterocycles. The van der Waals surface area contributed by atoms with Gasteiger partial charge in [-0.15, -0.1) is 0 Å². The zero-order valence-electron chi connectivity index (χ0n) is 9.38. The second-order valence-corrected chi connectivity index (χ2v) is 4.04. The van der Waals surface area contributed by atoms with Crippen molar-refractivity contribution in [3.63, 3.8) is 0 Å². The first kappa shape index (κ1) is 11.0. The van der Waals surface area contributed by atoms with Crippen LogP contribution in [-0.2, 0) is 4.74 Å². The van der Waals surface area contributed by atoms with Gasteiger partial charge in [0.2, 0.25) is 0 Å². The summed E-state index contributed by atoms with van der Waals surface area (Å²) in [6, 6.07) is 0. The molecule has 5 heteroatoms. The van der Waals surface area contributed by atoms with Crippen LogP contribution in [0.4, 0.5) is 0 Å². The van der Waals surface area contributed by atoms with E-state index in [0.29, 0.717) is 18.7 Å². The third kappa shape index (κ3) is 2.36. The normalized spacial score (nSPS) is 25.5. The van der Waals surface area contributed by atoms with Crippen LogP contribution >= 0.6 is 0 Å². The van der Waals surface area contributed by atoms with Crippen LogP contribution in [0.1, 0.15) is 24.2 Å². The van der Waals surface area contributed by atoms with E-state index in [2.05, 4.69) is 16.3 Å². The Balaban J connectivity index is 2.10. The molecule has 85 valence electrons. The minimum atomic E-state index is -0.0454. The number of carbonyl (C=O) groups is 1. The fourth-order valence-corrected chi connectivity index (χ4v) is 1.90. The summed E-state index contributed by atoms with van der Waals surface area (Å²) in [6.45, 7) is 5.15. The number of ether oxygens (including phenoxy) is 1. The molecular formula is C11H14N3O2. The van der Waals surface area contributed by atoms with Crippen molar-refractivity contribution in [3.05, 3.63) is 24.3 Å². The summed E-state index contributed by atoms with van der Waals surface area (Å²) in [5.74, 6) is -0.0454. The average molecular weight is 220 g/mol. The van der Waals surface area contributed by atoms with Gasteiger partial charge in [-0.2, -0.15) is 0 Å². The minimum Gasteiger partial charge on any atom is -0.372 e. The standard InChI is InChI=1S/C11H14N3O2/c1-8-5-14(6-9(2)16-8)11(15)10-3-12-7-13-4-10/h3-4,8-9H,5-6H2,1-2H3/t8-,9+. The molecule has 0 aliphatic carbocycles. The highest BCUT2D eigenvalue weighted by molar-refractivity contribution is 5.93.